The molecule has 3 aromatic rings. The van der Waals surface area contributed by atoms with Crippen LogP contribution in [0.4, 0.5) is 0 Å². The molecule has 1 atom stereocenters. The molecule has 1 amide bonds. The van der Waals surface area contributed by atoms with Crippen LogP contribution in [0.2, 0.25) is 0 Å². The number of benzene rings is 2. The van der Waals surface area contributed by atoms with E-state index in [0.29, 0.717) is 33.0 Å². The van der Waals surface area contributed by atoms with E-state index in [2.05, 4.69) is 35.2 Å². The predicted molar refractivity (Wildman–Crippen MR) is 123 cm³/mol. The first-order chi connectivity index (χ1) is 15.7. The zero-order chi connectivity index (χ0) is 21.8. The van der Waals surface area contributed by atoms with Crippen LogP contribution in [0.1, 0.15) is 24.0 Å². The average molecular weight is 434 g/mol. The summed E-state index contributed by atoms with van der Waals surface area (Å²) in [5.41, 5.74) is 2.99. The Labute approximate surface area is 189 Å². The van der Waals surface area contributed by atoms with Crippen molar-refractivity contribution in [1.29, 1.82) is 0 Å². The van der Waals surface area contributed by atoms with Crippen LogP contribution in [-0.4, -0.2) is 50.3 Å². The van der Waals surface area contributed by atoms with Gasteiger partial charge in [-0.25, -0.2) is 0 Å². The molecule has 1 aromatic heterocycles. The van der Waals surface area contributed by atoms with Gasteiger partial charge in [0, 0.05) is 37.6 Å². The maximum Gasteiger partial charge on any atom is 0.229 e. The lowest BCUT2D eigenvalue weighted by atomic mass is 9.74. The number of fused-ring (bicyclic) bond motifs is 1. The van der Waals surface area contributed by atoms with E-state index < -0.39 is 0 Å². The van der Waals surface area contributed by atoms with E-state index in [-0.39, 0.29) is 17.2 Å². The summed E-state index contributed by atoms with van der Waals surface area (Å²) < 4.78 is 17.2. The molecule has 168 valence electrons. The summed E-state index contributed by atoms with van der Waals surface area (Å²) in [7, 11) is 0. The van der Waals surface area contributed by atoms with Gasteiger partial charge in [-0.1, -0.05) is 42.5 Å². The first-order valence-electron chi connectivity index (χ1n) is 11.7. The Morgan fingerprint density at radius 3 is 2.66 bits per heavy atom. The zero-order valence-electron chi connectivity index (χ0n) is 18.5. The van der Waals surface area contributed by atoms with Crippen molar-refractivity contribution in [3.05, 3.63) is 72.0 Å². The molecule has 3 heterocycles. The van der Waals surface area contributed by atoms with Gasteiger partial charge in [-0.2, -0.15) is 0 Å². The summed E-state index contributed by atoms with van der Waals surface area (Å²) >= 11 is 0. The second kappa shape index (κ2) is 9.47. The Morgan fingerprint density at radius 1 is 0.969 bits per heavy atom. The number of ether oxygens (including phenoxy) is 2. The highest BCUT2D eigenvalue weighted by molar-refractivity contribution is 5.83. The number of rotatable bonds is 5. The van der Waals surface area contributed by atoms with Gasteiger partial charge < -0.3 is 18.8 Å². The van der Waals surface area contributed by atoms with Crippen LogP contribution in [0.3, 0.4) is 0 Å². The maximum atomic E-state index is 14.0. The fourth-order valence-electron chi connectivity index (χ4n) is 5.28. The molecule has 5 rings (SSSR count). The molecule has 2 aliphatic heterocycles. The summed E-state index contributed by atoms with van der Waals surface area (Å²) in [4.78, 5) is 16.1. The number of furan rings is 1. The molecule has 0 saturated carbocycles. The Hall–Kier alpha value is -2.63. The number of amides is 1. The van der Waals surface area contributed by atoms with Crippen molar-refractivity contribution in [2.24, 2.45) is 11.3 Å². The molecule has 0 unspecified atom stereocenters. The van der Waals surface area contributed by atoms with Crippen LogP contribution in [0.5, 0.6) is 0 Å². The summed E-state index contributed by atoms with van der Waals surface area (Å²) in [5, 5.41) is 1.15. The fraction of sp³-hybridized carbons (Fsp3) is 0.444. The smallest absolute Gasteiger partial charge is 0.229 e. The Bertz CT molecular complexity index is 1040. The normalized spacial score (nSPS) is 21.4. The third-order valence-electron chi connectivity index (χ3n) is 7.01. The standard InChI is InChI=1S/C27H31NO4/c29-26(27(10-14-30-15-11-27)18-21-5-2-1-3-6-21)28-12-16-31-20-22(19-28)17-23-7-4-8-25-24(23)9-13-32-25/h1-9,13,22H,10-12,14-20H2/t22-/m1/s1. The maximum absolute atomic E-state index is 14.0. The first kappa shape index (κ1) is 21.2. The van der Waals surface area contributed by atoms with Gasteiger partial charge in [-0.05, 0) is 48.9 Å². The lowest BCUT2D eigenvalue weighted by molar-refractivity contribution is -0.148. The largest absolute Gasteiger partial charge is 0.464 e. The Balaban J connectivity index is 1.35. The quantitative estimate of drug-likeness (QED) is 0.595. The van der Waals surface area contributed by atoms with E-state index in [1.54, 1.807) is 6.26 Å². The molecule has 2 fully saturated rings. The van der Waals surface area contributed by atoms with E-state index in [0.717, 1.165) is 43.2 Å². The van der Waals surface area contributed by atoms with Gasteiger partial charge in [0.05, 0.1) is 24.9 Å². The molecule has 0 bridgehead atoms. The Morgan fingerprint density at radius 2 is 1.81 bits per heavy atom. The van der Waals surface area contributed by atoms with Crippen molar-refractivity contribution in [3.8, 4) is 0 Å². The van der Waals surface area contributed by atoms with Gasteiger partial charge in [0.1, 0.15) is 5.58 Å². The number of carbonyl (C=O) groups is 1. The number of hydrogen-bond donors (Lipinski definition) is 0. The molecule has 0 N–H and O–H groups in total. The van der Waals surface area contributed by atoms with E-state index >= 15 is 0 Å². The van der Waals surface area contributed by atoms with Crippen molar-refractivity contribution in [3.63, 3.8) is 0 Å². The van der Waals surface area contributed by atoms with Gasteiger partial charge in [0.25, 0.3) is 0 Å². The minimum Gasteiger partial charge on any atom is -0.464 e. The minimum absolute atomic E-state index is 0.260. The third-order valence-corrected chi connectivity index (χ3v) is 7.01. The molecule has 5 nitrogen and oxygen atoms in total. The molecular formula is C27H31NO4. The second-order valence-electron chi connectivity index (χ2n) is 9.20. The molecule has 2 aliphatic rings. The number of carbonyl (C=O) groups excluding carboxylic acids is 1. The predicted octanol–water partition coefficient (Wildman–Crippen LogP) is 4.49. The molecule has 0 radical (unpaired) electrons. The van der Waals surface area contributed by atoms with Gasteiger partial charge in [-0.15, -0.1) is 0 Å². The fourth-order valence-corrected chi connectivity index (χ4v) is 5.28. The molecule has 2 saturated heterocycles. The lowest BCUT2D eigenvalue weighted by Gasteiger charge is -2.40. The number of hydrogen-bond acceptors (Lipinski definition) is 4. The highest BCUT2D eigenvalue weighted by atomic mass is 16.5. The SMILES string of the molecule is O=C(N1CCOC[C@H](Cc2cccc3occc23)C1)C1(Cc2ccccc2)CCOCC1. The second-order valence-corrected chi connectivity index (χ2v) is 9.20. The van der Waals surface area contributed by atoms with E-state index in [9.17, 15) is 4.79 Å². The van der Waals surface area contributed by atoms with Crippen LogP contribution < -0.4 is 0 Å². The molecule has 5 heteroatoms. The number of nitrogens with zero attached hydrogens (tertiary/aromatic N) is 1. The topological polar surface area (TPSA) is 51.9 Å². The molecule has 0 aliphatic carbocycles. The van der Waals surface area contributed by atoms with Gasteiger partial charge >= 0.3 is 0 Å². The van der Waals surface area contributed by atoms with Crippen molar-refractivity contribution in [2.45, 2.75) is 25.7 Å². The average Bonchev–Trinajstić information content (AvgIpc) is 3.20. The molecule has 32 heavy (non-hydrogen) atoms. The van der Waals surface area contributed by atoms with E-state index in [1.807, 2.05) is 24.3 Å². The molecular weight excluding hydrogens is 402 g/mol. The highest BCUT2D eigenvalue weighted by Gasteiger charge is 2.43. The first-order valence-corrected chi connectivity index (χ1v) is 11.7. The monoisotopic (exact) mass is 433 g/mol. The van der Waals surface area contributed by atoms with E-state index in [4.69, 9.17) is 13.9 Å². The van der Waals surface area contributed by atoms with Gasteiger partial charge in [0.15, 0.2) is 0 Å². The summed E-state index contributed by atoms with van der Waals surface area (Å²) in [5.74, 6) is 0.525. The van der Waals surface area contributed by atoms with Crippen LogP contribution in [0.15, 0.2) is 65.3 Å². The summed E-state index contributed by atoms with van der Waals surface area (Å²) in [6.45, 7) is 3.94. The van der Waals surface area contributed by atoms with Gasteiger partial charge in [-0.3, -0.25) is 4.79 Å². The van der Waals surface area contributed by atoms with Gasteiger partial charge in [0.2, 0.25) is 5.91 Å². The molecule has 0 spiro atoms. The lowest BCUT2D eigenvalue weighted by Crippen LogP contribution is -2.50. The van der Waals surface area contributed by atoms with Crippen molar-refractivity contribution in [1.82, 2.24) is 4.90 Å². The van der Waals surface area contributed by atoms with Crippen molar-refractivity contribution in [2.75, 3.05) is 39.5 Å². The van der Waals surface area contributed by atoms with Crippen molar-refractivity contribution >= 4 is 16.9 Å². The minimum atomic E-state index is -0.390. The summed E-state index contributed by atoms with van der Waals surface area (Å²) in [6, 6.07) is 18.6. The van der Waals surface area contributed by atoms with E-state index in [1.165, 1.54) is 11.1 Å². The third kappa shape index (κ3) is 4.45. The zero-order valence-corrected chi connectivity index (χ0v) is 18.5. The van der Waals surface area contributed by atoms with Crippen LogP contribution in [-0.2, 0) is 27.1 Å². The van der Waals surface area contributed by atoms with Crippen LogP contribution >= 0.6 is 0 Å². The van der Waals surface area contributed by atoms with Crippen molar-refractivity contribution < 1.29 is 18.7 Å². The molecule has 2 aromatic carbocycles. The van der Waals surface area contributed by atoms with Crippen LogP contribution in [0, 0.1) is 11.3 Å². The Kier molecular flexibility index (Phi) is 6.28. The highest BCUT2D eigenvalue weighted by Crippen LogP contribution is 2.37. The summed E-state index contributed by atoms with van der Waals surface area (Å²) in [6.07, 6.45) is 4.93. The van der Waals surface area contributed by atoms with Crippen LogP contribution in [0.25, 0.3) is 11.0 Å².